The number of benzene rings is 1. The minimum absolute atomic E-state index is 0.0912. The number of alkyl halides is 4. The minimum atomic E-state index is -4.50. The van der Waals surface area contributed by atoms with Crippen molar-refractivity contribution >= 4 is 0 Å². The van der Waals surface area contributed by atoms with Crippen LogP contribution in [0.3, 0.4) is 0 Å². The van der Waals surface area contributed by atoms with Crippen molar-refractivity contribution in [2.45, 2.75) is 25.3 Å². The zero-order valence-electron chi connectivity index (χ0n) is 9.58. The highest BCUT2D eigenvalue weighted by Crippen LogP contribution is 2.37. The number of halogens is 6. The summed E-state index contributed by atoms with van der Waals surface area (Å²) >= 11 is 0. The molecular formula is C11H11F6N. The summed E-state index contributed by atoms with van der Waals surface area (Å²) in [5.74, 6) is -6.60. The lowest BCUT2D eigenvalue weighted by Crippen LogP contribution is -2.41. The van der Waals surface area contributed by atoms with Crippen molar-refractivity contribution in [3.8, 4) is 0 Å². The van der Waals surface area contributed by atoms with Crippen molar-refractivity contribution < 1.29 is 26.3 Å². The van der Waals surface area contributed by atoms with E-state index in [2.05, 4.69) is 0 Å². The second-order valence-electron chi connectivity index (χ2n) is 3.82. The average Bonchev–Trinajstić information content (AvgIpc) is 2.25. The van der Waals surface area contributed by atoms with E-state index < -0.39 is 35.6 Å². The molecule has 0 saturated carbocycles. The highest BCUT2D eigenvalue weighted by Gasteiger charge is 2.49. The molecular weight excluding hydrogens is 260 g/mol. The fraction of sp³-hybridized carbons (Fsp3) is 0.455. The van der Waals surface area contributed by atoms with Crippen LogP contribution in [0.25, 0.3) is 0 Å². The molecule has 0 amide bonds. The van der Waals surface area contributed by atoms with E-state index in [0.29, 0.717) is 12.1 Å². The van der Waals surface area contributed by atoms with E-state index in [0.717, 1.165) is 7.05 Å². The van der Waals surface area contributed by atoms with Crippen molar-refractivity contribution in [1.29, 1.82) is 0 Å². The quantitative estimate of drug-likeness (QED) is 0.827. The highest BCUT2D eigenvalue weighted by atomic mass is 19.3. The van der Waals surface area contributed by atoms with Gasteiger partial charge < -0.3 is 5.32 Å². The average molecular weight is 271 g/mol. The maximum Gasteiger partial charge on any atom is 0.326 e. The van der Waals surface area contributed by atoms with Crippen LogP contribution in [-0.2, 0) is 0 Å². The van der Waals surface area contributed by atoms with Gasteiger partial charge in [0.2, 0.25) is 0 Å². The van der Waals surface area contributed by atoms with E-state index in [-0.39, 0.29) is 5.56 Å². The molecule has 0 bridgehead atoms. The Morgan fingerprint density at radius 1 is 1.11 bits per heavy atom. The Kier molecular flexibility index (Phi) is 4.26. The van der Waals surface area contributed by atoms with E-state index in [1.54, 1.807) is 0 Å². The Morgan fingerprint density at radius 3 is 2.11 bits per heavy atom. The smallest absolute Gasteiger partial charge is 0.308 e. The van der Waals surface area contributed by atoms with Crippen LogP contribution in [0, 0.1) is 18.6 Å². The van der Waals surface area contributed by atoms with E-state index in [1.807, 2.05) is 5.32 Å². The number of hydrogen-bond donors (Lipinski definition) is 1. The van der Waals surface area contributed by atoms with Crippen LogP contribution in [0.2, 0.25) is 0 Å². The molecule has 1 aromatic carbocycles. The number of rotatable bonds is 4. The molecule has 18 heavy (non-hydrogen) atoms. The zero-order chi connectivity index (χ0) is 14.1. The van der Waals surface area contributed by atoms with Crippen LogP contribution in [0.4, 0.5) is 26.3 Å². The van der Waals surface area contributed by atoms with Gasteiger partial charge >= 0.3 is 12.3 Å². The predicted octanol–water partition coefficient (Wildman–Crippen LogP) is 3.43. The molecule has 0 fully saturated rings. The topological polar surface area (TPSA) is 12.0 Å². The summed E-state index contributed by atoms with van der Waals surface area (Å²) in [6, 6.07) is -1.11. The number of nitrogens with one attached hydrogen (secondary N) is 1. The third-order valence-corrected chi connectivity index (χ3v) is 2.55. The molecule has 0 aliphatic carbocycles. The Hall–Kier alpha value is -1.24. The summed E-state index contributed by atoms with van der Waals surface area (Å²) in [5.41, 5.74) is -0.919. The summed E-state index contributed by atoms with van der Waals surface area (Å²) in [6.07, 6.45) is -3.99. The lowest BCUT2D eigenvalue weighted by Gasteiger charge is -2.26. The fourth-order valence-electron chi connectivity index (χ4n) is 1.56. The maximum atomic E-state index is 13.5. The van der Waals surface area contributed by atoms with Crippen molar-refractivity contribution in [2.24, 2.45) is 0 Å². The molecule has 0 aliphatic heterocycles. The van der Waals surface area contributed by atoms with Crippen LogP contribution in [0.15, 0.2) is 12.1 Å². The Bertz CT molecular complexity index is 432. The summed E-state index contributed by atoms with van der Waals surface area (Å²) in [5, 5.41) is 1.89. The molecule has 0 saturated heterocycles. The predicted molar refractivity (Wildman–Crippen MR) is 53.8 cm³/mol. The third-order valence-electron chi connectivity index (χ3n) is 2.55. The van der Waals surface area contributed by atoms with E-state index in [9.17, 15) is 26.3 Å². The summed E-state index contributed by atoms with van der Waals surface area (Å²) in [7, 11) is 0.970. The van der Waals surface area contributed by atoms with Crippen LogP contribution in [0.5, 0.6) is 0 Å². The molecule has 1 unspecified atom stereocenters. The standard InChI is InChI=1S/C11H11F6N/c1-5-3-8(13)6(4-7(5)12)9(18-2)11(16,17)10(14)15/h3-4,9-10,18H,1-2H3. The van der Waals surface area contributed by atoms with Gasteiger partial charge in [0.1, 0.15) is 17.7 Å². The van der Waals surface area contributed by atoms with Gasteiger partial charge in [-0.2, -0.15) is 8.78 Å². The van der Waals surface area contributed by atoms with Gasteiger partial charge in [-0.15, -0.1) is 0 Å². The molecule has 1 nitrogen and oxygen atoms in total. The monoisotopic (exact) mass is 271 g/mol. The van der Waals surface area contributed by atoms with Gasteiger partial charge in [0.25, 0.3) is 0 Å². The van der Waals surface area contributed by atoms with Gasteiger partial charge in [-0.05, 0) is 31.7 Å². The van der Waals surface area contributed by atoms with Gasteiger partial charge in [0.15, 0.2) is 0 Å². The van der Waals surface area contributed by atoms with Gasteiger partial charge in [-0.1, -0.05) is 0 Å². The first-order chi connectivity index (χ1) is 8.21. The Morgan fingerprint density at radius 2 is 1.67 bits per heavy atom. The molecule has 7 heteroatoms. The Balaban J connectivity index is 3.30. The lowest BCUT2D eigenvalue weighted by atomic mass is 9.98. The summed E-state index contributed by atoms with van der Waals surface area (Å²) < 4.78 is 77.6. The van der Waals surface area contributed by atoms with Gasteiger partial charge in [-0.25, -0.2) is 17.6 Å². The number of hydrogen-bond acceptors (Lipinski definition) is 1. The molecule has 0 spiro atoms. The van der Waals surface area contributed by atoms with Crippen molar-refractivity contribution in [3.05, 3.63) is 34.9 Å². The largest absolute Gasteiger partial charge is 0.326 e. The van der Waals surface area contributed by atoms with Crippen molar-refractivity contribution in [1.82, 2.24) is 5.32 Å². The minimum Gasteiger partial charge on any atom is -0.308 e. The molecule has 1 aromatic rings. The second-order valence-corrected chi connectivity index (χ2v) is 3.82. The van der Waals surface area contributed by atoms with Crippen molar-refractivity contribution in [2.75, 3.05) is 7.05 Å². The lowest BCUT2D eigenvalue weighted by molar-refractivity contribution is -0.151. The number of aryl methyl sites for hydroxylation is 1. The second kappa shape index (κ2) is 5.17. The van der Waals surface area contributed by atoms with Crippen LogP contribution in [-0.4, -0.2) is 19.4 Å². The highest BCUT2D eigenvalue weighted by molar-refractivity contribution is 5.29. The first-order valence-corrected chi connectivity index (χ1v) is 5.00. The van der Waals surface area contributed by atoms with Crippen LogP contribution >= 0.6 is 0 Å². The molecule has 0 radical (unpaired) electrons. The van der Waals surface area contributed by atoms with E-state index >= 15 is 0 Å². The van der Waals surface area contributed by atoms with Crippen LogP contribution < -0.4 is 5.32 Å². The zero-order valence-corrected chi connectivity index (χ0v) is 9.58. The van der Waals surface area contributed by atoms with Gasteiger partial charge in [-0.3, -0.25) is 0 Å². The molecule has 1 N–H and O–H groups in total. The molecule has 1 atom stereocenters. The normalized spacial score (nSPS) is 14.1. The molecule has 0 aromatic heterocycles. The van der Waals surface area contributed by atoms with Crippen molar-refractivity contribution in [3.63, 3.8) is 0 Å². The molecule has 102 valence electrons. The first-order valence-electron chi connectivity index (χ1n) is 5.00. The van der Waals surface area contributed by atoms with Gasteiger partial charge in [0.05, 0.1) is 0 Å². The third kappa shape index (κ3) is 2.60. The Labute approximate surface area is 99.8 Å². The molecule has 0 aliphatic rings. The van der Waals surface area contributed by atoms with E-state index in [4.69, 9.17) is 0 Å². The van der Waals surface area contributed by atoms with Gasteiger partial charge in [0, 0.05) is 5.56 Å². The van der Waals surface area contributed by atoms with E-state index in [1.165, 1.54) is 6.92 Å². The summed E-state index contributed by atoms with van der Waals surface area (Å²) in [6.45, 7) is 1.24. The fourth-order valence-corrected chi connectivity index (χ4v) is 1.56. The maximum absolute atomic E-state index is 13.5. The first kappa shape index (κ1) is 14.8. The summed E-state index contributed by atoms with van der Waals surface area (Å²) in [4.78, 5) is 0. The molecule has 1 rings (SSSR count). The van der Waals surface area contributed by atoms with Crippen LogP contribution in [0.1, 0.15) is 17.2 Å². The SMILES string of the molecule is CNC(c1cc(F)c(C)cc1F)C(F)(F)C(F)F. The molecule has 0 heterocycles.